The molecule has 13 heavy (non-hydrogen) atoms. The van der Waals surface area contributed by atoms with Crippen LogP contribution >= 0.6 is 0 Å². The fraction of sp³-hybridized carbons (Fsp3) is 0.333. The number of hydrogen-bond donors (Lipinski definition) is 1. The first kappa shape index (κ1) is 8.72. The summed E-state index contributed by atoms with van der Waals surface area (Å²) in [5, 5.41) is 0. The summed E-state index contributed by atoms with van der Waals surface area (Å²) in [5.74, 6) is 0.0734. The fourth-order valence-electron chi connectivity index (χ4n) is 1.69. The number of sulfone groups is 1. The smallest absolute Gasteiger partial charge is 0.180 e. The summed E-state index contributed by atoms with van der Waals surface area (Å²) in [6.45, 7) is 0. The van der Waals surface area contributed by atoms with Gasteiger partial charge in [-0.15, -0.1) is 0 Å². The van der Waals surface area contributed by atoms with E-state index in [-0.39, 0.29) is 11.8 Å². The van der Waals surface area contributed by atoms with Crippen molar-refractivity contribution in [3.05, 3.63) is 29.8 Å². The minimum Gasteiger partial charge on any atom is -0.326 e. The number of hydrogen-bond acceptors (Lipinski definition) is 3. The molecular weight excluding hydrogens is 186 g/mol. The van der Waals surface area contributed by atoms with Crippen molar-refractivity contribution in [1.29, 1.82) is 0 Å². The standard InChI is InChI=1S/C9H11NO2S/c10-8-5-7-3-1-2-4-9(7)13(11,12)6-8/h1-4,8H,5-6,10H2. The maximum Gasteiger partial charge on any atom is 0.180 e. The van der Waals surface area contributed by atoms with Gasteiger partial charge in [0.15, 0.2) is 9.84 Å². The van der Waals surface area contributed by atoms with Gasteiger partial charge in [0.25, 0.3) is 0 Å². The van der Waals surface area contributed by atoms with Gasteiger partial charge in [0.05, 0.1) is 10.6 Å². The number of rotatable bonds is 0. The molecule has 0 aliphatic carbocycles. The van der Waals surface area contributed by atoms with Gasteiger partial charge in [0.2, 0.25) is 0 Å². The minimum atomic E-state index is -3.12. The molecule has 0 radical (unpaired) electrons. The summed E-state index contributed by atoms with van der Waals surface area (Å²) < 4.78 is 23.2. The molecule has 0 saturated heterocycles. The predicted molar refractivity (Wildman–Crippen MR) is 50.2 cm³/mol. The van der Waals surface area contributed by atoms with E-state index < -0.39 is 9.84 Å². The SMILES string of the molecule is NC1Cc2ccccc2S(=O)(=O)C1. The van der Waals surface area contributed by atoms with Crippen molar-refractivity contribution < 1.29 is 8.42 Å². The molecule has 0 saturated carbocycles. The Bertz CT molecular complexity index is 425. The normalized spacial score (nSPS) is 25.2. The second-order valence-corrected chi connectivity index (χ2v) is 5.36. The Morgan fingerprint density at radius 3 is 2.77 bits per heavy atom. The van der Waals surface area contributed by atoms with Crippen LogP contribution in [0.4, 0.5) is 0 Å². The summed E-state index contributed by atoms with van der Waals surface area (Å²) >= 11 is 0. The first-order valence-electron chi connectivity index (χ1n) is 4.16. The Hall–Kier alpha value is -0.870. The topological polar surface area (TPSA) is 60.2 Å². The van der Waals surface area contributed by atoms with Crippen LogP contribution < -0.4 is 5.73 Å². The highest BCUT2D eigenvalue weighted by Gasteiger charge is 2.27. The van der Waals surface area contributed by atoms with Gasteiger partial charge < -0.3 is 5.73 Å². The van der Waals surface area contributed by atoms with Crippen LogP contribution in [0.1, 0.15) is 5.56 Å². The lowest BCUT2D eigenvalue weighted by Crippen LogP contribution is -2.36. The van der Waals surface area contributed by atoms with Gasteiger partial charge in [-0.3, -0.25) is 0 Å². The average molecular weight is 197 g/mol. The van der Waals surface area contributed by atoms with Crippen molar-refractivity contribution >= 4 is 9.84 Å². The second kappa shape index (κ2) is 2.82. The Morgan fingerprint density at radius 2 is 2.00 bits per heavy atom. The lowest BCUT2D eigenvalue weighted by Gasteiger charge is -2.20. The quantitative estimate of drug-likeness (QED) is 0.652. The molecule has 1 aromatic rings. The lowest BCUT2D eigenvalue weighted by atomic mass is 10.1. The molecule has 0 aromatic heterocycles. The van der Waals surface area contributed by atoms with Crippen LogP contribution in [0, 0.1) is 0 Å². The summed E-state index contributed by atoms with van der Waals surface area (Å²) in [4.78, 5) is 0.455. The zero-order valence-corrected chi connectivity index (χ0v) is 7.92. The van der Waals surface area contributed by atoms with Crippen LogP contribution in [-0.4, -0.2) is 20.2 Å². The van der Waals surface area contributed by atoms with E-state index in [0.29, 0.717) is 11.3 Å². The van der Waals surface area contributed by atoms with E-state index >= 15 is 0 Å². The fourth-order valence-corrected chi connectivity index (χ4v) is 3.39. The van der Waals surface area contributed by atoms with Gasteiger partial charge in [-0.05, 0) is 18.1 Å². The van der Waals surface area contributed by atoms with Crippen molar-refractivity contribution in [2.24, 2.45) is 5.73 Å². The van der Waals surface area contributed by atoms with Crippen LogP contribution in [0.3, 0.4) is 0 Å². The Kier molecular flexibility index (Phi) is 1.89. The van der Waals surface area contributed by atoms with E-state index in [0.717, 1.165) is 5.56 Å². The average Bonchev–Trinajstić information content (AvgIpc) is 2.02. The van der Waals surface area contributed by atoms with Crippen molar-refractivity contribution in [1.82, 2.24) is 0 Å². The molecule has 0 spiro atoms. The maximum atomic E-state index is 11.6. The molecule has 1 heterocycles. The maximum absolute atomic E-state index is 11.6. The van der Waals surface area contributed by atoms with Gasteiger partial charge in [-0.25, -0.2) is 8.42 Å². The van der Waals surface area contributed by atoms with Gasteiger partial charge >= 0.3 is 0 Å². The highest BCUT2D eigenvalue weighted by molar-refractivity contribution is 7.91. The Morgan fingerprint density at radius 1 is 1.31 bits per heavy atom. The first-order valence-corrected chi connectivity index (χ1v) is 5.81. The van der Waals surface area contributed by atoms with Crippen molar-refractivity contribution in [2.75, 3.05) is 5.75 Å². The molecule has 2 N–H and O–H groups in total. The zero-order chi connectivity index (χ0) is 9.47. The summed E-state index contributed by atoms with van der Waals surface area (Å²) in [7, 11) is -3.12. The Balaban J connectivity index is 2.63. The number of fused-ring (bicyclic) bond motifs is 1. The largest absolute Gasteiger partial charge is 0.326 e. The summed E-state index contributed by atoms with van der Waals surface area (Å²) in [6, 6.07) is 6.81. The molecule has 0 bridgehead atoms. The Labute approximate surface area is 77.5 Å². The third kappa shape index (κ3) is 1.47. The highest BCUT2D eigenvalue weighted by Crippen LogP contribution is 2.23. The van der Waals surface area contributed by atoms with Gasteiger partial charge in [0, 0.05) is 6.04 Å². The third-order valence-corrected chi connectivity index (χ3v) is 4.16. The molecule has 0 fully saturated rings. The van der Waals surface area contributed by atoms with Gasteiger partial charge in [-0.1, -0.05) is 18.2 Å². The third-order valence-electron chi connectivity index (χ3n) is 2.22. The number of nitrogens with two attached hydrogens (primary N) is 1. The van der Waals surface area contributed by atoms with Gasteiger partial charge in [-0.2, -0.15) is 0 Å². The van der Waals surface area contributed by atoms with E-state index in [2.05, 4.69) is 0 Å². The summed E-state index contributed by atoms with van der Waals surface area (Å²) in [6.07, 6.45) is 0.662. The van der Waals surface area contributed by atoms with Crippen LogP contribution in [0.2, 0.25) is 0 Å². The molecule has 1 unspecified atom stereocenters. The predicted octanol–water partition coefficient (Wildman–Crippen LogP) is 0.344. The lowest BCUT2D eigenvalue weighted by molar-refractivity contribution is 0.574. The molecule has 1 aromatic carbocycles. The monoisotopic (exact) mass is 197 g/mol. The molecule has 3 nitrogen and oxygen atoms in total. The van der Waals surface area contributed by atoms with E-state index in [1.807, 2.05) is 12.1 Å². The first-order chi connectivity index (χ1) is 6.09. The molecule has 1 atom stereocenters. The molecular formula is C9H11NO2S. The van der Waals surface area contributed by atoms with E-state index in [1.54, 1.807) is 12.1 Å². The van der Waals surface area contributed by atoms with Crippen LogP contribution in [0.25, 0.3) is 0 Å². The molecule has 4 heteroatoms. The molecule has 70 valence electrons. The van der Waals surface area contributed by atoms with Crippen LogP contribution in [0.15, 0.2) is 29.2 Å². The van der Waals surface area contributed by atoms with E-state index in [9.17, 15) is 8.42 Å². The molecule has 1 aliphatic heterocycles. The molecule has 0 amide bonds. The molecule has 1 aliphatic rings. The van der Waals surface area contributed by atoms with Crippen molar-refractivity contribution in [3.8, 4) is 0 Å². The van der Waals surface area contributed by atoms with Crippen LogP contribution in [0.5, 0.6) is 0 Å². The molecule has 2 rings (SSSR count). The number of benzene rings is 1. The van der Waals surface area contributed by atoms with Gasteiger partial charge in [0.1, 0.15) is 0 Å². The highest BCUT2D eigenvalue weighted by atomic mass is 32.2. The minimum absolute atomic E-state index is 0.0734. The van der Waals surface area contributed by atoms with E-state index in [1.165, 1.54) is 0 Å². The van der Waals surface area contributed by atoms with E-state index in [4.69, 9.17) is 5.73 Å². The zero-order valence-electron chi connectivity index (χ0n) is 7.10. The van der Waals surface area contributed by atoms with Crippen molar-refractivity contribution in [3.63, 3.8) is 0 Å². The second-order valence-electron chi connectivity index (χ2n) is 3.35. The summed E-state index contributed by atoms with van der Waals surface area (Å²) in [5.41, 5.74) is 6.49. The van der Waals surface area contributed by atoms with Crippen LogP contribution in [-0.2, 0) is 16.3 Å². The van der Waals surface area contributed by atoms with Crippen molar-refractivity contribution in [2.45, 2.75) is 17.4 Å².